The average molecular weight is 322 g/mol. The van der Waals surface area contributed by atoms with Gasteiger partial charge in [-0.3, -0.25) is 9.52 Å². The quantitative estimate of drug-likeness (QED) is 0.797. The minimum atomic E-state index is -3.65. The summed E-state index contributed by atoms with van der Waals surface area (Å²) in [7, 11) is -3.65. The van der Waals surface area contributed by atoms with Crippen LogP contribution in [-0.2, 0) is 14.8 Å². The van der Waals surface area contributed by atoms with Crippen LogP contribution in [0, 0.1) is 0 Å². The lowest BCUT2D eigenvalue weighted by atomic mass is 10.3. The highest BCUT2D eigenvalue weighted by molar-refractivity contribution is 8.00. The second kappa shape index (κ2) is 6.64. The predicted molar refractivity (Wildman–Crippen MR) is 83.6 cm³/mol. The summed E-state index contributed by atoms with van der Waals surface area (Å²) in [6.07, 6.45) is 0. The Morgan fingerprint density at radius 3 is 2.33 bits per heavy atom. The molecule has 7 heteroatoms. The lowest BCUT2D eigenvalue weighted by Crippen LogP contribution is -2.15. The predicted octanol–water partition coefficient (Wildman–Crippen LogP) is 2.06. The summed E-state index contributed by atoms with van der Waals surface area (Å²) in [5.74, 6) is -0.370. The molecule has 0 radical (unpaired) electrons. The molecule has 5 nitrogen and oxygen atoms in total. The van der Waals surface area contributed by atoms with Gasteiger partial charge in [0.25, 0.3) is 10.0 Å². The first-order chi connectivity index (χ1) is 9.99. The van der Waals surface area contributed by atoms with Crippen LogP contribution < -0.4 is 10.5 Å². The van der Waals surface area contributed by atoms with E-state index < -0.39 is 15.9 Å². The maximum atomic E-state index is 12.3. The van der Waals surface area contributed by atoms with Gasteiger partial charge in [0.15, 0.2) is 0 Å². The van der Waals surface area contributed by atoms with Crippen molar-refractivity contribution in [3.8, 4) is 0 Å². The van der Waals surface area contributed by atoms with E-state index in [0.29, 0.717) is 10.6 Å². The summed E-state index contributed by atoms with van der Waals surface area (Å²) in [6.45, 7) is 0. The van der Waals surface area contributed by atoms with Gasteiger partial charge in [0.1, 0.15) is 0 Å². The zero-order valence-corrected chi connectivity index (χ0v) is 12.7. The first-order valence-electron chi connectivity index (χ1n) is 6.07. The number of thioether (sulfide) groups is 1. The zero-order chi connectivity index (χ0) is 15.3. The maximum Gasteiger partial charge on any atom is 0.261 e. The molecule has 0 fully saturated rings. The molecule has 1 amide bonds. The highest BCUT2D eigenvalue weighted by atomic mass is 32.2. The molecule has 3 N–H and O–H groups in total. The van der Waals surface area contributed by atoms with Crippen LogP contribution in [0.2, 0.25) is 0 Å². The van der Waals surface area contributed by atoms with Crippen LogP contribution in [0.4, 0.5) is 5.69 Å². The van der Waals surface area contributed by atoms with Crippen molar-refractivity contribution >= 4 is 33.4 Å². The topological polar surface area (TPSA) is 89.3 Å². The highest BCUT2D eigenvalue weighted by Gasteiger charge is 2.15. The van der Waals surface area contributed by atoms with Gasteiger partial charge in [-0.1, -0.05) is 30.3 Å². The van der Waals surface area contributed by atoms with Crippen molar-refractivity contribution in [1.82, 2.24) is 0 Å². The van der Waals surface area contributed by atoms with Gasteiger partial charge >= 0.3 is 0 Å². The van der Waals surface area contributed by atoms with Crippen LogP contribution in [0.25, 0.3) is 0 Å². The fraction of sp³-hybridized carbons (Fsp3) is 0.0714. The lowest BCUT2D eigenvalue weighted by Gasteiger charge is -2.11. The molecule has 2 rings (SSSR count). The molecule has 0 heterocycles. The molecule has 0 saturated heterocycles. The van der Waals surface area contributed by atoms with Gasteiger partial charge in [0, 0.05) is 4.90 Å². The highest BCUT2D eigenvalue weighted by Crippen LogP contribution is 2.28. The molecular weight excluding hydrogens is 308 g/mol. The van der Waals surface area contributed by atoms with Crippen LogP contribution in [0.3, 0.4) is 0 Å². The van der Waals surface area contributed by atoms with Gasteiger partial charge in [0.05, 0.1) is 16.3 Å². The zero-order valence-electron chi connectivity index (χ0n) is 11.0. The number of carbonyl (C=O) groups excluding carboxylic acids is 1. The Hall–Kier alpha value is -1.99. The minimum Gasteiger partial charge on any atom is -0.369 e. The van der Waals surface area contributed by atoms with Crippen molar-refractivity contribution in [3.05, 3.63) is 54.6 Å². The smallest absolute Gasteiger partial charge is 0.261 e. The maximum absolute atomic E-state index is 12.3. The van der Waals surface area contributed by atoms with Crippen LogP contribution in [-0.4, -0.2) is 20.1 Å². The monoisotopic (exact) mass is 322 g/mol. The van der Waals surface area contributed by atoms with Crippen molar-refractivity contribution in [2.45, 2.75) is 9.79 Å². The van der Waals surface area contributed by atoms with Crippen molar-refractivity contribution in [2.24, 2.45) is 5.73 Å². The molecule has 0 aliphatic heterocycles. The molecule has 110 valence electrons. The molecule has 0 bridgehead atoms. The van der Waals surface area contributed by atoms with E-state index in [1.807, 2.05) is 0 Å². The number of nitrogens with two attached hydrogens (primary N) is 1. The Morgan fingerprint density at radius 2 is 1.67 bits per heavy atom. The van der Waals surface area contributed by atoms with Crippen molar-refractivity contribution in [2.75, 3.05) is 10.5 Å². The van der Waals surface area contributed by atoms with E-state index in [1.165, 1.54) is 23.9 Å². The molecule has 0 saturated carbocycles. The molecule has 0 spiro atoms. The summed E-state index contributed by atoms with van der Waals surface area (Å²) in [5, 5.41) is 0. The van der Waals surface area contributed by atoms with Crippen LogP contribution in [0.15, 0.2) is 64.4 Å². The molecule has 2 aromatic rings. The number of benzene rings is 2. The molecule has 0 aliphatic rings. The van der Waals surface area contributed by atoms with E-state index in [0.717, 1.165) is 0 Å². The van der Waals surface area contributed by atoms with Gasteiger partial charge in [-0.05, 0) is 24.3 Å². The number of anilines is 1. The average Bonchev–Trinajstić information content (AvgIpc) is 2.47. The third-order valence-corrected chi connectivity index (χ3v) is 5.03. The Kier molecular flexibility index (Phi) is 4.87. The number of amides is 1. The number of nitrogens with one attached hydrogen (secondary N) is 1. The number of sulfonamides is 1. The first-order valence-corrected chi connectivity index (χ1v) is 8.54. The van der Waals surface area contributed by atoms with Crippen molar-refractivity contribution in [3.63, 3.8) is 0 Å². The Labute approximate surface area is 127 Å². The van der Waals surface area contributed by atoms with Crippen LogP contribution in [0.1, 0.15) is 0 Å². The van der Waals surface area contributed by atoms with E-state index in [2.05, 4.69) is 4.72 Å². The largest absolute Gasteiger partial charge is 0.369 e. The first kappa shape index (κ1) is 15.4. The van der Waals surface area contributed by atoms with Gasteiger partial charge in [-0.15, -0.1) is 11.8 Å². The van der Waals surface area contributed by atoms with E-state index in [-0.39, 0.29) is 10.6 Å². The molecule has 2 aromatic carbocycles. The summed E-state index contributed by atoms with van der Waals surface area (Å²) in [6, 6.07) is 14.9. The summed E-state index contributed by atoms with van der Waals surface area (Å²) >= 11 is 1.19. The van der Waals surface area contributed by atoms with Gasteiger partial charge in [-0.25, -0.2) is 8.42 Å². The van der Waals surface area contributed by atoms with Crippen molar-refractivity contribution < 1.29 is 13.2 Å². The lowest BCUT2D eigenvalue weighted by molar-refractivity contribution is -0.115. The van der Waals surface area contributed by atoms with Crippen molar-refractivity contribution in [1.29, 1.82) is 0 Å². The Morgan fingerprint density at radius 1 is 1.05 bits per heavy atom. The SMILES string of the molecule is NC(=O)CSc1ccccc1NS(=O)(=O)c1ccccc1. The number of carbonyl (C=O) groups is 1. The number of para-hydroxylation sites is 1. The molecule has 0 atom stereocenters. The minimum absolute atomic E-state index is 0.0874. The van der Waals surface area contributed by atoms with Crippen LogP contribution in [0.5, 0.6) is 0 Å². The molecule has 0 unspecified atom stereocenters. The summed E-state index contributed by atoms with van der Waals surface area (Å²) in [4.78, 5) is 11.7. The number of hydrogen-bond acceptors (Lipinski definition) is 4. The fourth-order valence-corrected chi connectivity index (χ4v) is 3.54. The third kappa shape index (κ3) is 4.24. The fourth-order valence-electron chi connectivity index (χ4n) is 1.63. The second-order valence-corrected chi connectivity index (χ2v) is 6.87. The summed E-state index contributed by atoms with van der Waals surface area (Å²) in [5.41, 5.74) is 5.53. The third-order valence-electron chi connectivity index (χ3n) is 2.55. The molecule has 0 aromatic heterocycles. The van der Waals surface area contributed by atoms with E-state index in [4.69, 9.17) is 5.73 Å². The van der Waals surface area contributed by atoms with Gasteiger partial charge in [0.2, 0.25) is 5.91 Å². The molecule has 21 heavy (non-hydrogen) atoms. The standard InChI is InChI=1S/C14H14N2O3S2/c15-14(17)10-20-13-9-5-4-8-12(13)16-21(18,19)11-6-2-1-3-7-11/h1-9,16H,10H2,(H2,15,17). The Balaban J connectivity index is 2.25. The number of primary amides is 1. The summed E-state index contributed by atoms with van der Waals surface area (Å²) < 4.78 is 27.1. The van der Waals surface area contributed by atoms with E-state index >= 15 is 0 Å². The van der Waals surface area contributed by atoms with Gasteiger partial charge in [-0.2, -0.15) is 0 Å². The van der Waals surface area contributed by atoms with E-state index in [1.54, 1.807) is 42.5 Å². The number of rotatable bonds is 6. The number of hydrogen-bond donors (Lipinski definition) is 2. The van der Waals surface area contributed by atoms with Crippen LogP contribution >= 0.6 is 11.8 Å². The molecular formula is C14H14N2O3S2. The normalized spacial score (nSPS) is 11.0. The molecule has 0 aliphatic carbocycles. The van der Waals surface area contributed by atoms with Gasteiger partial charge < -0.3 is 5.73 Å². The Bertz CT molecular complexity index is 731. The van der Waals surface area contributed by atoms with E-state index in [9.17, 15) is 13.2 Å². The second-order valence-electron chi connectivity index (χ2n) is 4.17.